The van der Waals surface area contributed by atoms with Gasteiger partial charge in [-0.05, 0) is 23.8 Å². The lowest BCUT2D eigenvalue weighted by atomic mass is 10.1. The standard InChI is InChI=1S/C15H13NO/c16-14-9-6-12(7-10-14)8-11-15(17)13-4-2-1-3-5-13/h1-11H,16H2. The number of rotatable bonds is 3. The van der Waals surface area contributed by atoms with Gasteiger partial charge in [0.2, 0.25) is 0 Å². The Bertz CT molecular complexity index is 527. The fourth-order valence-electron chi connectivity index (χ4n) is 1.48. The maximum absolute atomic E-state index is 11.8. The van der Waals surface area contributed by atoms with Gasteiger partial charge in [-0.15, -0.1) is 0 Å². The average Bonchev–Trinajstić information content (AvgIpc) is 2.39. The molecule has 2 heteroatoms. The summed E-state index contributed by atoms with van der Waals surface area (Å²) in [6, 6.07) is 16.6. The van der Waals surface area contributed by atoms with Crippen LogP contribution < -0.4 is 5.73 Å². The van der Waals surface area contributed by atoms with Crippen molar-refractivity contribution in [1.82, 2.24) is 0 Å². The first kappa shape index (κ1) is 11.1. The van der Waals surface area contributed by atoms with E-state index in [-0.39, 0.29) is 5.78 Å². The molecule has 2 aromatic rings. The molecule has 0 unspecified atom stereocenters. The van der Waals surface area contributed by atoms with E-state index < -0.39 is 0 Å². The zero-order valence-electron chi connectivity index (χ0n) is 9.34. The van der Waals surface area contributed by atoms with Gasteiger partial charge in [0.1, 0.15) is 0 Å². The molecular formula is C15H13NO. The van der Waals surface area contributed by atoms with Gasteiger partial charge >= 0.3 is 0 Å². The molecule has 0 fully saturated rings. The second-order valence-electron chi connectivity index (χ2n) is 3.73. The normalized spacial score (nSPS) is 10.6. The van der Waals surface area contributed by atoms with E-state index in [2.05, 4.69) is 0 Å². The summed E-state index contributed by atoms with van der Waals surface area (Å²) in [5.41, 5.74) is 7.96. The monoisotopic (exact) mass is 223 g/mol. The fourth-order valence-corrected chi connectivity index (χ4v) is 1.48. The molecule has 0 aromatic heterocycles. The van der Waals surface area contributed by atoms with E-state index in [1.807, 2.05) is 42.5 Å². The van der Waals surface area contributed by atoms with E-state index in [0.717, 1.165) is 11.3 Å². The lowest BCUT2D eigenvalue weighted by Crippen LogP contribution is -1.92. The zero-order valence-corrected chi connectivity index (χ0v) is 9.34. The zero-order chi connectivity index (χ0) is 12.1. The summed E-state index contributed by atoms with van der Waals surface area (Å²) in [5, 5.41) is 0. The number of carbonyl (C=O) groups is 1. The molecular weight excluding hydrogens is 210 g/mol. The summed E-state index contributed by atoms with van der Waals surface area (Å²) in [5.74, 6) is 0.00225. The van der Waals surface area contributed by atoms with Crippen LogP contribution in [0.25, 0.3) is 6.08 Å². The lowest BCUT2D eigenvalue weighted by Gasteiger charge is -1.96. The topological polar surface area (TPSA) is 43.1 Å². The Hall–Kier alpha value is -2.35. The minimum Gasteiger partial charge on any atom is -0.399 e. The van der Waals surface area contributed by atoms with Crippen LogP contribution in [0, 0.1) is 0 Å². The third-order valence-electron chi connectivity index (χ3n) is 2.42. The Morgan fingerprint density at radius 2 is 1.59 bits per heavy atom. The van der Waals surface area contributed by atoms with E-state index in [1.54, 1.807) is 24.3 Å². The van der Waals surface area contributed by atoms with Crippen LogP contribution in [-0.2, 0) is 0 Å². The maximum Gasteiger partial charge on any atom is 0.185 e. The second-order valence-corrected chi connectivity index (χ2v) is 3.73. The molecule has 0 heterocycles. The Morgan fingerprint density at radius 1 is 0.941 bits per heavy atom. The number of nitrogens with two attached hydrogens (primary N) is 1. The van der Waals surface area contributed by atoms with Gasteiger partial charge in [0.25, 0.3) is 0 Å². The molecule has 0 aliphatic heterocycles. The molecule has 0 atom stereocenters. The molecule has 2 N–H and O–H groups in total. The maximum atomic E-state index is 11.8. The Kier molecular flexibility index (Phi) is 3.36. The highest BCUT2D eigenvalue weighted by Gasteiger charge is 1.98. The van der Waals surface area contributed by atoms with Gasteiger partial charge in [0.15, 0.2) is 5.78 Å². The van der Waals surface area contributed by atoms with Crippen LogP contribution in [0.4, 0.5) is 5.69 Å². The molecule has 0 bridgehead atoms. The van der Waals surface area contributed by atoms with Crippen molar-refractivity contribution in [1.29, 1.82) is 0 Å². The second kappa shape index (κ2) is 5.12. The van der Waals surface area contributed by atoms with E-state index in [4.69, 9.17) is 5.73 Å². The third kappa shape index (κ3) is 3.05. The molecule has 2 nitrogen and oxygen atoms in total. The molecule has 0 aliphatic rings. The van der Waals surface area contributed by atoms with E-state index in [9.17, 15) is 4.79 Å². The van der Waals surface area contributed by atoms with Crippen LogP contribution in [0.1, 0.15) is 15.9 Å². The number of anilines is 1. The van der Waals surface area contributed by atoms with Crippen molar-refractivity contribution in [2.24, 2.45) is 0 Å². The van der Waals surface area contributed by atoms with Crippen molar-refractivity contribution in [3.8, 4) is 0 Å². The summed E-state index contributed by atoms with van der Waals surface area (Å²) in [6.45, 7) is 0. The minimum absolute atomic E-state index is 0.00225. The Morgan fingerprint density at radius 3 is 2.24 bits per heavy atom. The highest BCUT2D eigenvalue weighted by molar-refractivity contribution is 6.06. The van der Waals surface area contributed by atoms with Gasteiger partial charge in [-0.1, -0.05) is 48.5 Å². The number of carbonyl (C=O) groups excluding carboxylic acids is 1. The molecule has 0 saturated carbocycles. The highest BCUT2D eigenvalue weighted by Crippen LogP contribution is 2.08. The van der Waals surface area contributed by atoms with Crippen LogP contribution >= 0.6 is 0 Å². The van der Waals surface area contributed by atoms with Gasteiger partial charge in [-0.25, -0.2) is 0 Å². The first-order valence-electron chi connectivity index (χ1n) is 5.39. The van der Waals surface area contributed by atoms with Crippen molar-refractivity contribution in [3.63, 3.8) is 0 Å². The van der Waals surface area contributed by atoms with Gasteiger partial charge in [-0.3, -0.25) is 4.79 Å². The van der Waals surface area contributed by atoms with Crippen LogP contribution in [0.5, 0.6) is 0 Å². The van der Waals surface area contributed by atoms with E-state index >= 15 is 0 Å². The molecule has 17 heavy (non-hydrogen) atoms. The fraction of sp³-hybridized carbons (Fsp3) is 0. The van der Waals surface area contributed by atoms with Crippen molar-refractivity contribution in [2.75, 3.05) is 5.73 Å². The number of hydrogen-bond donors (Lipinski definition) is 1. The molecule has 2 aromatic carbocycles. The van der Waals surface area contributed by atoms with Crippen LogP contribution in [0.15, 0.2) is 60.7 Å². The summed E-state index contributed by atoms with van der Waals surface area (Å²) < 4.78 is 0. The summed E-state index contributed by atoms with van der Waals surface area (Å²) in [7, 11) is 0. The first-order valence-corrected chi connectivity index (χ1v) is 5.39. The van der Waals surface area contributed by atoms with Crippen molar-refractivity contribution in [3.05, 3.63) is 71.8 Å². The summed E-state index contributed by atoms with van der Waals surface area (Å²) in [6.07, 6.45) is 3.36. The van der Waals surface area contributed by atoms with Gasteiger partial charge < -0.3 is 5.73 Å². The van der Waals surface area contributed by atoms with Crippen LogP contribution in [0.2, 0.25) is 0 Å². The Labute approximate surface area is 100 Å². The smallest absolute Gasteiger partial charge is 0.185 e. The van der Waals surface area contributed by atoms with Crippen molar-refractivity contribution in [2.45, 2.75) is 0 Å². The van der Waals surface area contributed by atoms with Crippen LogP contribution in [0.3, 0.4) is 0 Å². The quantitative estimate of drug-likeness (QED) is 0.493. The van der Waals surface area contributed by atoms with Gasteiger partial charge in [0.05, 0.1) is 0 Å². The number of allylic oxidation sites excluding steroid dienone is 1. The van der Waals surface area contributed by atoms with E-state index in [1.165, 1.54) is 0 Å². The lowest BCUT2D eigenvalue weighted by molar-refractivity contribution is 0.104. The minimum atomic E-state index is 0.00225. The highest BCUT2D eigenvalue weighted by atomic mass is 16.1. The van der Waals surface area contributed by atoms with Crippen molar-refractivity contribution >= 4 is 17.5 Å². The van der Waals surface area contributed by atoms with Gasteiger partial charge in [0, 0.05) is 11.3 Å². The largest absolute Gasteiger partial charge is 0.399 e. The van der Waals surface area contributed by atoms with Gasteiger partial charge in [-0.2, -0.15) is 0 Å². The average molecular weight is 223 g/mol. The molecule has 2 rings (SSSR count). The molecule has 0 aliphatic carbocycles. The van der Waals surface area contributed by atoms with Crippen LogP contribution in [-0.4, -0.2) is 5.78 Å². The molecule has 84 valence electrons. The number of benzene rings is 2. The number of hydrogen-bond acceptors (Lipinski definition) is 2. The third-order valence-corrected chi connectivity index (χ3v) is 2.42. The number of nitrogen functional groups attached to an aromatic ring is 1. The Balaban J connectivity index is 2.11. The predicted octanol–water partition coefficient (Wildman–Crippen LogP) is 3.16. The first-order chi connectivity index (χ1) is 8.25. The molecule has 0 saturated heterocycles. The number of ketones is 1. The predicted molar refractivity (Wildman–Crippen MR) is 70.7 cm³/mol. The SMILES string of the molecule is Nc1ccc(C=CC(=O)c2ccccc2)cc1. The van der Waals surface area contributed by atoms with E-state index in [0.29, 0.717) is 5.56 Å². The van der Waals surface area contributed by atoms with Crippen molar-refractivity contribution < 1.29 is 4.79 Å². The summed E-state index contributed by atoms with van der Waals surface area (Å²) in [4.78, 5) is 11.8. The molecule has 0 amide bonds. The summed E-state index contributed by atoms with van der Waals surface area (Å²) >= 11 is 0. The molecule has 0 radical (unpaired) electrons. The molecule has 0 spiro atoms.